The third-order valence-electron chi connectivity index (χ3n) is 1.51. The van der Waals surface area contributed by atoms with Crippen molar-refractivity contribution in [2.24, 2.45) is 5.73 Å². The zero-order valence-corrected chi connectivity index (χ0v) is 8.89. The molecule has 0 aliphatic heterocycles. The molecule has 0 atom stereocenters. The van der Waals surface area contributed by atoms with Crippen LogP contribution in [0.1, 0.15) is 5.56 Å². The molecule has 84 valence electrons. The number of nitrogen functional groups attached to an aromatic ring is 1. The Labute approximate surface area is 91.5 Å². The number of rotatable bonds is 2. The van der Waals surface area contributed by atoms with Crippen molar-refractivity contribution in [2.45, 2.75) is 12.9 Å². The number of alkyl halides is 3. The summed E-state index contributed by atoms with van der Waals surface area (Å²) < 4.78 is 39.8. The Morgan fingerprint density at radius 3 is 2.53 bits per heavy atom. The number of nitrogens with two attached hydrogens (primary N) is 2. The highest BCUT2D eigenvalue weighted by molar-refractivity contribution is 9.10. The average molecular weight is 286 g/mol. The van der Waals surface area contributed by atoms with Crippen LogP contribution in [0.25, 0.3) is 0 Å². The lowest BCUT2D eigenvalue weighted by Gasteiger charge is -2.13. The minimum atomic E-state index is -4.78. The van der Waals surface area contributed by atoms with Crippen LogP contribution in [0, 0.1) is 0 Å². The van der Waals surface area contributed by atoms with Crippen LogP contribution in [0.5, 0.6) is 5.75 Å². The van der Waals surface area contributed by atoms with Gasteiger partial charge < -0.3 is 16.2 Å². The van der Waals surface area contributed by atoms with E-state index in [0.29, 0.717) is 0 Å². The number of hydrogen-bond donors (Lipinski definition) is 2. The molecular weight excluding hydrogens is 279 g/mol. The Hall–Kier alpha value is -1.02. The first-order chi connectivity index (χ1) is 6.83. The van der Waals surface area contributed by atoms with Gasteiger partial charge in [0.25, 0.3) is 0 Å². The Kier molecular flexibility index (Phi) is 3.40. The van der Waals surface area contributed by atoms with Crippen LogP contribution < -0.4 is 16.2 Å². The van der Waals surface area contributed by atoms with Crippen molar-refractivity contribution in [3.63, 3.8) is 0 Å². The molecule has 4 N–H and O–H groups in total. The molecule has 0 saturated heterocycles. The van der Waals surface area contributed by atoms with Gasteiger partial charge in [0.1, 0.15) is 16.2 Å². The Bertz CT molecular complexity index is 369. The van der Waals surface area contributed by atoms with E-state index in [4.69, 9.17) is 11.5 Å². The topological polar surface area (TPSA) is 74.2 Å². The minimum absolute atomic E-state index is 0.0236. The lowest BCUT2D eigenvalue weighted by atomic mass is 10.2. The van der Waals surface area contributed by atoms with E-state index in [1.807, 2.05) is 0 Å². The fraction of sp³-hybridized carbons (Fsp3) is 0.286. The van der Waals surface area contributed by atoms with Crippen molar-refractivity contribution in [1.82, 2.24) is 4.98 Å². The SMILES string of the molecule is NCc1c(OC(F)(F)F)cc(Br)nc1N. The number of hydrogen-bond acceptors (Lipinski definition) is 4. The fourth-order valence-corrected chi connectivity index (χ4v) is 1.36. The first-order valence-corrected chi connectivity index (χ1v) is 4.53. The normalized spacial score (nSPS) is 11.5. The smallest absolute Gasteiger partial charge is 0.405 e. The molecule has 0 aliphatic rings. The molecule has 0 bridgehead atoms. The summed E-state index contributed by atoms with van der Waals surface area (Å²) in [5.74, 6) is -0.532. The molecule has 0 unspecified atom stereocenters. The van der Waals surface area contributed by atoms with Gasteiger partial charge in [-0.1, -0.05) is 0 Å². The number of aromatic nitrogens is 1. The third-order valence-corrected chi connectivity index (χ3v) is 1.92. The molecule has 0 aromatic carbocycles. The Morgan fingerprint density at radius 1 is 1.47 bits per heavy atom. The molecule has 1 aromatic heterocycles. The van der Waals surface area contributed by atoms with E-state index >= 15 is 0 Å². The van der Waals surface area contributed by atoms with Crippen LogP contribution in [0.4, 0.5) is 19.0 Å². The number of pyridine rings is 1. The molecule has 0 saturated carbocycles. The molecular formula is C7H7BrF3N3O. The Balaban J connectivity index is 3.15. The monoisotopic (exact) mass is 285 g/mol. The summed E-state index contributed by atoms with van der Waals surface area (Å²) in [5, 5.41) is 0. The standard InChI is InChI=1S/C7H7BrF3N3O/c8-5-1-4(15-7(9,10)11)3(2-12)6(13)14-5/h1H,2,12H2,(H2,13,14). The van der Waals surface area contributed by atoms with Crippen LogP contribution >= 0.6 is 15.9 Å². The summed E-state index contributed by atoms with van der Waals surface area (Å²) in [5.41, 5.74) is 10.6. The minimum Gasteiger partial charge on any atom is -0.405 e. The predicted octanol–water partition coefficient (Wildman–Crippen LogP) is 1.78. The van der Waals surface area contributed by atoms with E-state index in [-0.39, 0.29) is 22.5 Å². The van der Waals surface area contributed by atoms with Crippen LogP contribution in [-0.2, 0) is 6.54 Å². The summed E-state index contributed by atoms with van der Waals surface area (Å²) in [6.45, 7) is -0.183. The first kappa shape index (κ1) is 12.1. The molecule has 0 aliphatic carbocycles. The van der Waals surface area contributed by atoms with Crippen molar-refractivity contribution >= 4 is 21.7 Å². The van der Waals surface area contributed by atoms with Gasteiger partial charge in [0, 0.05) is 12.6 Å². The molecule has 15 heavy (non-hydrogen) atoms. The summed E-state index contributed by atoms with van der Waals surface area (Å²) in [4.78, 5) is 3.70. The van der Waals surface area contributed by atoms with Crippen LogP contribution in [0.15, 0.2) is 10.7 Å². The van der Waals surface area contributed by atoms with Crippen molar-refractivity contribution < 1.29 is 17.9 Å². The molecule has 1 heterocycles. The Morgan fingerprint density at radius 2 is 2.07 bits per heavy atom. The maximum Gasteiger partial charge on any atom is 0.573 e. The molecule has 0 amide bonds. The second-order valence-corrected chi connectivity index (χ2v) is 3.37. The van der Waals surface area contributed by atoms with Crippen LogP contribution in [0.2, 0.25) is 0 Å². The highest BCUT2D eigenvalue weighted by atomic mass is 79.9. The zero-order chi connectivity index (χ0) is 11.6. The van der Waals surface area contributed by atoms with Crippen molar-refractivity contribution in [3.8, 4) is 5.75 Å². The van der Waals surface area contributed by atoms with Gasteiger partial charge in [-0.3, -0.25) is 0 Å². The van der Waals surface area contributed by atoms with E-state index in [1.54, 1.807) is 0 Å². The van der Waals surface area contributed by atoms with Crippen molar-refractivity contribution in [2.75, 3.05) is 5.73 Å². The average Bonchev–Trinajstić information content (AvgIpc) is 1.99. The number of halogens is 4. The van der Waals surface area contributed by atoms with Crippen LogP contribution in [0.3, 0.4) is 0 Å². The molecule has 0 spiro atoms. The predicted molar refractivity (Wildman–Crippen MR) is 50.9 cm³/mol. The van der Waals surface area contributed by atoms with Gasteiger partial charge in [0.15, 0.2) is 0 Å². The highest BCUT2D eigenvalue weighted by Crippen LogP contribution is 2.30. The quantitative estimate of drug-likeness (QED) is 0.813. The molecule has 4 nitrogen and oxygen atoms in total. The lowest BCUT2D eigenvalue weighted by Crippen LogP contribution is -2.19. The molecule has 0 radical (unpaired) electrons. The number of anilines is 1. The molecule has 0 fully saturated rings. The number of ether oxygens (including phenoxy) is 1. The second kappa shape index (κ2) is 4.23. The second-order valence-electron chi connectivity index (χ2n) is 2.56. The van der Waals surface area contributed by atoms with E-state index < -0.39 is 12.1 Å². The van der Waals surface area contributed by atoms with Crippen molar-refractivity contribution in [3.05, 3.63) is 16.2 Å². The summed E-state index contributed by atoms with van der Waals surface area (Å²) >= 11 is 2.90. The summed E-state index contributed by atoms with van der Waals surface area (Å²) in [7, 11) is 0. The van der Waals surface area contributed by atoms with E-state index in [0.717, 1.165) is 6.07 Å². The van der Waals surface area contributed by atoms with E-state index in [2.05, 4.69) is 25.7 Å². The molecule has 8 heteroatoms. The van der Waals surface area contributed by atoms with Crippen LogP contribution in [-0.4, -0.2) is 11.3 Å². The molecule has 1 rings (SSSR count). The van der Waals surface area contributed by atoms with E-state index in [1.165, 1.54) is 0 Å². The van der Waals surface area contributed by atoms with Gasteiger partial charge in [-0.15, -0.1) is 13.2 Å². The lowest BCUT2D eigenvalue weighted by molar-refractivity contribution is -0.274. The maximum absolute atomic E-state index is 12.0. The zero-order valence-electron chi connectivity index (χ0n) is 7.31. The van der Waals surface area contributed by atoms with E-state index in [9.17, 15) is 13.2 Å². The maximum atomic E-state index is 12.0. The highest BCUT2D eigenvalue weighted by Gasteiger charge is 2.32. The van der Waals surface area contributed by atoms with Gasteiger partial charge in [-0.2, -0.15) is 0 Å². The van der Waals surface area contributed by atoms with Gasteiger partial charge in [0.2, 0.25) is 0 Å². The third kappa shape index (κ3) is 3.24. The van der Waals surface area contributed by atoms with Gasteiger partial charge in [-0.25, -0.2) is 4.98 Å². The van der Waals surface area contributed by atoms with Gasteiger partial charge >= 0.3 is 6.36 Å². The van der Waals surface area contributed by atoms with Crippen molar-refractivity contribution in [1.29, 1.82) is 0 Å². The fourth-order valence-electron chi connectivity index (χ4n) is 0.957. The summed E-state index contributed by atoms with van der Waals surface area (Å²) in [6, 6.07) is 1.06. The largest absolute Gasteiger partial charge is 0.573 e. The summed E-state index contributed by atoms with van der Waals surface area (Å²) in [6.07, 6.45) is -4.78. The first-order valence-electron chi connectivity index (χ1n) is 3.74. The molecule has 1 aromatic rings. The van der Waals surface area contributed by atoms with Gasteiger partial charge in [0.05, 0.1) is 5.56 Å². The number of nitrogens with zero attached hydrogens (tertiary/aromatic N) is 1. The van der Waals surface area contributed by atoms with Gasteiger partial charge in [-0.05, 0) is 15.9 Å².